The van der Waals surface area contributed by atoms with Crippen molar-refractivity contribution in [3.63, 3.8) is 0 Å². The Hall–Kier alpha value is -2.80. The molecule has 6 aromatic carbocycles. The molecule has 254 valence electrons. The summed E-state index contributed by atoms with van der Waals surface area (Å²) >= 11 is 0. The summed E-state index contributed by atoms with van der Waals surface area (Å²) in [4.78, 5) is 15.5. The van der Waals surface area contributed by atoms with Crippen molar-refractivity contribution in [3.8, 4) is 0 Å². The van der Waals surface area contributed by atoms with E-state index in [-0.39, 0.29) is 75.7 Å². The maximum atomic E-state index is 7.75. The molecule has 0 bridgehead atoms. The number of carbonyl (C=O) groups excluding carboxylic acids is 2. The van der Waals surface area contributed by atoms with Crippen LogP contribution in [0.25, 0.3) is 0 Å². The molecule has 0 aliphatic heterocycles. The predicted molar refractivity (Wildman–Crippen MR) is 222 cm³/mol. The van der Waals surface area contributed by atoms with Crippen molar-refractivity contribution in [3.05, 3.63) is 197 Å². The monoisotopic (exact) mass is 884 g/mol. The third-order valence-electron chi connectivity index (χ3n) is 6.37. The van der Waals surface area contributed by atoms with Crippen LogP contribution in [0, 0.1) is 14.9 Å². The molecule has 0 aromatic heterocycles. The Bertz CT molecular complexity index is 1230. The van der Waals surface area contributed by atoms with Crippen LogP contribution in [-0.2, 0) is 48.5 Å². The molecule has 6 rings (SSSR count). The smallest absolute Gasteiger partial charge is 0.0620 e. The first-order chi connectivity index (χ1) is 20.9. The van der Waals surface area contributed by atoms with Crippen LogP contribution in [0.2, 0.25) is 0 Å². The molecule has 0 heterocycles. The summed E-state index contributed by atoms with van der Waals surface area (Å²) in [5, 5.41) is 8.61. The van der Waals surface area contributed by atoms with E-state index in [1.165, 1.54) is 31.8 Å². The molecule has 2 nitrogen and oxygen atoms in total. The number of rotatable bonds is 6. The minimum atomic E-state index is -0.877. The Morgan fingerprint density at radius 1 is 0.271 bits per heavy atom. The predicted octanol–water partition coefficient (Wildman–Crippen LogP) is 3.80. The Balaban J connectivity index is -0.000000328. The maximum Gasteiger partial charge on any atom is 0.102 e. The summed E-state index contributed by atoms with van der Waals surface area (Å²) in [5.74, 6) is 0. The molecule has 0 unspecified atom stereocenters. The van der Waals surface area contributed by atoms with E-state index in [1.54, 1.807) is 0 Å². The largest absolute Gasteiger partial charge is 0.102 e. The molecule has 8 heteroatoms. The van der Waals surface area contributed by atoms with Crippen LogP contribution < -0.4 is 31.8 Å². The second-order valence-electron chi connectivity index (χ2n) is 8.95. The molecule has 6 aromatic rings. The van der Waals surface area contributed by atoms with Crippen molar-refractivity contribution < 1.29 is 48.5 Å². The van der Waals surface area contributed by atoms with Gasteiger partial charge in [0.2, 0.25) is 0 Å². The molecule has 0 atom stereocenters. The van der Waals surface area contributed by atoms with Gasteiger partial charge in [0.05, 0.1) is 15.8 Å². The first-order valence-electron chi connectivity index (χ1n) is 13.4. The van der Waals surface area contributed by atoms with Crippen molar-refractivity contribution in [2.75, 3.05) is 0 Å². The van der Waals surface area contributed by atoms with Gasteiger partial charge >= 0.3 is 39.0 Å². The Morgan fingerprint density at radius 2 is 0.375 bits per heavy atom. The third-order valence-corrected chi connectivity index (χ3v) is 11.8. The zero-order valence-corrected chi connectivity index (χ0v) is 37.5. The molecule has 0 saturated carbocycles. The van der Waals surface area contributed by atoms with Crippen LogP contribution in [0.15, 0.2) is 182 Å². The fourth-order valence-corrected chi connectivity index (χ4v) is 9.78. The fourth-order valence-electron chi connectivity index (χ4n) is 4.63. The molecular weight excluding hydrogens is 836 g/mol. The zero-order chi connectivity index (χ0) is 29.8. The zero-order valence-electron chi connectivity index (χ0n) is 28.0. The maximum absolute atomic E-state index is 7.75. The summed E-state index contributed by atoms with van der Waals surface area (Å²) in [6, 6.07) is 65.0. The molecule has 0 fully saturated rings. The van der Waals surface area contributed by atoms with Gasteiger partial charge in [0, 0.05) is 0 Å². The summed E-state index contributed by atoms with van der Waals surface area (Å²) < 4.78 is 0. The van der Waals surface area contributed by atoms with Crippen molar-refractivity contribution in [1.29, 1.82) is 0 Å². The van der Waals surface area contributed by atoms with Gasteiger partial charge in [-0.25, -0.2) is 0 Å². The Kier molecular flexibility index (Phi) is 34.1. The minimum absolute atomic E-state index is 0. The summed E-state index contributed by atoms with van der Waals surface area (Å²) in [6.07, 6.45) is 0. The average molecular weight is 885 g/mol. The van der Waals surface area contributed by atoms with Crippen LogP contribution in [0.5, 0.6) is 0 Å². The summed E-state index contributed by atoms with van der Waals surface area (Å²) in [5.41, 5.74) is 0. The first kappa shape index (κ1) is 52.0. The molecule has 48 heavy (non-hydrogen) atoms. The van der Waals surface area contributed by atoms with Gasteiger partial charge in [-0.3, -0.25) is 13.6 Å². The second kappa shape index (κ2) is 31.5. The minimum Gasteiger partial charge on any atom is -0.0620 e. The van der Waals surface area contributed by atoms with Crippen LogP contribution in [0.1, 0.15) is 0 Å². The van der Waals surface area contributed by atoms with Gasteiger partial charge in [-0.2, -0.15) is 0 Å². The quantitative estimate of drug-likeness (QED) is 0.111. The second-order valence-corrected chi connectivity index (χ2v) is 13.9. The van der Waals surface area contributed by atoms with E-state index in [1.807, 2.05) is 0 Å². The van der Waals surface area contributed by atoms with Crippen molar-refractivity contribution in [2.45, 2.75) is 0 Å². The van der Waals surface area contributed by atoms with Gasteiger partial charge in [-0.15, -0.1) is 0 Å². The van der Waals surface area contributed by atoms with Gasteiger partial charge in [-0.1, -0.05) is 109 Å². The Morgan fingerprint density at radius 3 is 0.479 bits per heavy atom. The van der Waals surface area contributed by atoms with Gasteiger partial charge < -0.3 is 24.4 Å². The number of benzene rings is 6. The molecule has 4 radical (unpaired) electrons. The molecular formula is C40H48O2P2Rh2Si2+2. The van der Waals surface area contributed by atoms with E-state index >= 15 is 0 Å². The standard InChI is InChI=1S/2C18H15P.2CHO.2CH3.2Rh.2H3Si.2H/c2*1-4-10-16(11-5-1)19(17-12-6-2-7-13-17)18-14-8-3-9-15-18;2*1-2;;;;;;;;/h2*1-15H;2*1H;2*1H3;;;2*1H3;;/q;;4*-1;2*+2;;;;/p+2. The van der Waals surface area contributed by atoms with E-state index in [9.17, 15) is 0 Å². The van der Waals surface area contributed by atoms with Crippen LogP contribution in [-0.4, -0.2) is 35.5 Å². The van der Waals surface area contributed by atoms with Crippen molar-refractivity contribution in [1.82, 2.24) is 0 Å². The SMILES string of the molecule is [CH-]=O.[CH-]=O.[CH3-].[CH3-].[RhH+2].[RhH+2].[SiH3].[SiH3].c1ccc([PH+](c2ccccc2)c2ccccc2)cc1.c1ccc([PH+](c2ccccc2)c2ccccc2)cc1. The average Bonchev–Trinajstić information content (AvgIpc) is 3.10. The van der Waals surface area contributed by atoms with E-state index in [0.717, 1.165) is 0 Å². The topological polar surface area (TPSA) is 34.1 Å². The number of hydrogen-bond donors (Lipinski definition) is 0. The molecule has 0 N–H and O–H groups in total. The van der Waals surface area contributed by atoms with Gasteiger partial charge in [0.25, 0.3) is 0 Å². The first-order valence-corrected chi connectivity index (χ1v) is 16.4. The fraction of sp³-hybridized carbons (Fsp3) is 0. The Labute approximate surface area is 326 Å². The van der Waals surface area contributed by atoms with Crippen LogP contribution in [0.3, 0.4) is 0 Å². The molecule has 0 amide bonds. The van der Waals surface area contributed by atoms with E-state index < -0.39 is 15.8 Å². The van der Waals surface area contributed by atoms with E-state index in [4.69, 9.17) is 9.59 Å². The molecule has 0 spiro atoms. The molecule has 0 aliphatic carbocycles. The number of hydrogen-bond acceptors (Lipinski definition) is 2. The van der Waals surface area contributed by atoms with Crippen LogP contribution >= 0.6 is 15.8 Å². The van der Waals surface area contributed by atoms with Crippen molar-refractivity contribution >= 4 is 83.2 Å². The molecule has 0 saturated heterocycles. The van der Waals surface area contributed by atoms with Gasteiger partial charge in [-0.05, 0) is 94.7 Å². The normalized spacial score (nSPS) is 8.54. The van der Waals surface area contributed by atoms with E-state index in [2.05, 4.69) is 196 Å². The van der Waals surface area contributed by atoms with E-state index in [0.29, 0.717) is 0 Å². The van der Waals surface area contributed by atoms with Gasteiger partial charge in [0.15, 0.2) is 0 Å². The summed E-state index contributed by atoms with van der Waals surface area (Å²) in [6.45, 7) is 6.50. The van der Waals surface area contributed by atoms with Gasteiger partial charge in [0.1, 0.15) is 31.8 Å². The summed E-state index contributed by atoms with van der Waals surface area (Å²) in [7, 11) is -1.75. The third kappa shape index (κ3) is 16.1. The molecule has 0 aliphatic rings. The van der Waals surface area contributed by atoms with Crippen LogP contribution in [0.4, 0.5) is 0 Å². The van der Waals surface area contributed by atoms with Crippen molar-refractivity contribution in [2.24, 2.45) is 0 Å².